The van der Waals surface area contributed by atoms with Crippen LogP contribution in [-0.2, 0) is 83.8 Å². The van der Waals surface area contributed by atoms with Crippen LogP contribution < -0.4 is 63.6 Å². The van der Waals surface area contributed by atoms with E-state index in [1.54, 1.807) is 88.7 Å². The Morgan fingerprint density at radius 2 is 0.862 bits per heavy atom. The molecule has 3 aliphatic rings. The molecule has 0 radical (unpaired) electrons. The van der Waals surface area contributed by atoms with Crippen LogP contribution in [0.5, 0.6) is 5.75 Å². The van der Waals surface area contributed by atoms with Crippen LogP contribution in [0.1, 0.15) is 89.3 Å². The Morgan fingerprint density at radius 1 is 0.509 bits per heavy atom. The van der Waals surface area contributed by atoms with Crippen LogP contribution in [0.2, 0.25) is 15.1 Å². The number of sulfonamides is 2. The largest absolute Gasteiger partial charge is 0.534 e. The van der Waals surface area contributed by atoms with Crippen molar-refractivity contribution in [3.8, 4) is 5.75 Å². The fourth-order valence-electron chi connectivity index (χ4n) is 12.5. The number of nitrogens with two attached hydrogens (primary N) is 3. The number of rotatable bonds is 23. The predicted octanol–water partition coefficient (Wildman–Crippen LogP) is 5.00. The van der Waals surface area contributed by atoms with Crippen molar-refractivity contribution < 1.29 is 71.4 Å². The van der Waals surface area contributed by atoms with Gasteiger partial charge < -0.3 is 50.9 Å². The first-order valence-electron chi connectivity index (χ1n) is 35.3. The molecule has 33 nitrogen and oxygen atoms in total. The predicted molar refractivity (Wildman–Crippen MR) is 429 cm³/mol. The van der Waals surface area contributed by atoms with E-state index < -0.39 is 99.2 Å². The molecule has 3 aliphatic heterocycles. The highest BCUT2D eigenvalue weighted by Gasteiger charge is 2.49. The number of anilines is 1. The van der Waals surface area contributed by atoms with E-state index in [0.29, 0.717) is 71.0 Å². The summed E-state index contributed by atoms with van der Waals surface area (Å²) < 4.78 is 113. The maximum atomic E-state index is 13.5. The molecule has 3 saturated heterocycles. The van der Waals surface area contributed by atoms with Crippen molar-refractivity contribution in [3.05, 3.63) is 218 Å². The number of likely N-dealkylation sites (tertiary alicyclic amines) is 3. The molecule has 0 spiro atoms. The van der Waals surface area contributed by atoms with Gasteiger partial charge in [-0.05, 0) is 93.6 Å². The number of H-pyrrole nitrogens is 1. The van der Waals surface area contributed by atoms with Gasteiger partial charge in [0.05, 0.1) is 22.3 Å². The summed E-state index contributed by atoms with van der Waals surface area (Å²) in [6.45, 7) is 14.5. The fourth-order valence-corrected chi connectivity index (χ4v) is 14.0. The number of halogens is 6. The minimum absolute atomic E-state index is 0.00302. The van der Waals surface area contributed by atoms with E-state index in [1.807, 2.05) is 27.7 Å². The number of hydrogen-bond acceptors (Lipinski definition) is 21. The first-order chi connectivity index (χ1) is 54.1. The summed E-state index contributed by atoms with van der Waals surface area (Å²) in [6, 6.07) is 27.6. The summed E-state index contributed by atoms with van der Waals surface area (Å²) in [5, 5.41) is 22.3. The van der Waals surface area contributed by atoms with Crippen LogP contribution >= 0.6 is 34.8 Å². The molecule has 6 amide bonds. The Labute approximate surface area is 676 Å². The number of nitrogens with zero attached hydrogens (tertiary/aromatic N) is 8. The van der Waals surface area contributed by atoms with Crippen LogP contribution in [0.15, 0.2) is 147 Å². The van der Waals surface area contributed by atoms with E-state index >= 15 is 0 Å². The number of carbonyl (C=O) groups excluding carboxylic acids is 6. The van der Waals surface area contributed by atoms with Gasteiger partial charge in [-0.15, -0.1) is 0 Å². The molecule has 0 aliphatic carbocycles. The second kappa shape index (κ2) is 36.2. The lowest BCUT2D eigenvalue weighted by atomic mass is 9.84. The first-order valence-corrected chi connectivity index (χ1v) is 41.3. The molecule has 0 unspecified atom stereocenters. The molecule has 9 aromatic rings. The zero-order valence-corrected chi connectivity index (χ0v) is 67.9. The lowest BCUT2D eigenvalue weighted by Gasteiger charge is -2.45. The van der Waals surface area contributed by atoms with Gasteiger partial charge >= 0.3 is 15.6 Å². The Morgan fingerprint density at radius 3 is 1.22 bits per heavy atom. The van der Waals surface area contributed by atoms with E-state index in [4.69, 9.17) is 45.7 Å². The third kappa shape index (κ3) is 23.3. The lowest BCUT2D eigenvalue weighted by molar-refractivity contribution is -0.142. The molecule has 0 atom stereocenters. The molecule has 11 N–H and O–H groups in total. The number of nitrogens with one attached hydrogen (secondary N) is 5. The van der Waals surface area contributed by atoms with E-state index in [1.165, 1.54) is 44.6 Å². The van der Waals surface area contributed by atoms with Gasteiger partial charge in [0.1, 0.15) is 53.3 Å². The van der Waals surface area contributed by atoms with Crippen LogP contribution in [0.3, 0.4) is 0 Å². The Bertz CT molecular complexity index is 5890. The number of benzene rings is 3. The van der Waals surface area contributed by atoms with Gasteiger partial charge in [-0.3, -0.25) is 61.6 Å². The molecular weight excluding hydrogens is 1640 g/mol. The highest BCUT2D eigenvalue weighted by Crippen LogP contribution is 2.34. The molecule has 0 saturated carbocycles. The maximum Gasteiger partial charge on any atom is 0.534 e. The highest BCUT2D eigenvalue weighted by molar-refractivity contribution is 7.89. The second-order valence-corrected chi connectivity index (χ2v) is 36.0. The van der Waals surface area contributed by atoms with Gasteiger partial charge in [0.25, 0.3) is 34.4 Å². The minimum Gasteiger partial charge on any atom is -0.383 e. The monoisotopic (exact) mass is 1720 g/mol. The van der Waals surface area contributed by atoms with Crippen molar-refractivity contribution >= 4 is 139 Å². The fraction of sp³-hybridized carbons (Fsp3) is 0.351. The summed E-state index contributed by atoms with van der Waals surface area (Å²) in [5.74, 6) is -4.45. The number of carbonyl (C=O) groups is 6. The van der Waals surface area contributed by atoms with Gasteiger partial charge in [0.2, 0.25) is 37.8 Å². The van der Waals surface area contributed by atoms with Crippen LogP contribution in [0, 0.1) is 16.2 Å². The summed E-state index contributed by atoms with van der Waals surface area (Å²) in [7, 11) is -13.1. The maximum absolute atomic E-state index is 13.5. The Kier molecular flexibility index (Phi) is 27.9. The van der Waals surface area contributed by atoms with Crippen LogP contribution in [0.25, 0.3) is 33.1 Å². The van der Waals surface area contributed by atoms with E-state index in [0.717, 1.165) is 34.0 Å². The molecule has 116 heavy (non-hydrogen) atoms. The van der Waals surface area contributed by atoms with E-state index in [-0.39, 0.29) is 124 Å². The van der Waals surface area contributed by atoms with Crippen molar-refractivity contribution in [3.63, 3.8) is 0 Å². The summed E-state index contributed by atoms with van der Waals surface area (Å²) in [5.41, 5.74) is -1.76. The van der Waals surface area contributed by atoms with Crippen molar-refractivity contribution in [1.29, 1.82) is 0 Å². The summed E-state index contributed by atoms with van der Waals surface area (Å²) in [4.78, 5) is 146. The topological polar surface area (TPSA) is 475 Å². The van der Waals surface area contributed by atoms with Crippen molar-refractivity contribution in [2.45, 2.75) is 86.3 Å². The van der Waals surface area contributed by atoms with E-state index in [9.17, 15) is 86.4 Å². The molecule has 42 heteroatoms. The van der Waals surface area contributed by atoms with Crippen molar-refractivity contribution in [1.82, 2.24) is 59.3 Å². The van der Waals surface area contributed by atoms with Gasteiger partial charge in [-0.1, -0.05) is 113 Å². The molecule has 12 rings (SSSR count). The zero-order valence-electron chi connectivity index (χ0n) is 63.2. The first kappa shape index (κ1) is 89.3. The second-order valence-electron chi connectivity index (χ2n) is 29.7. The SMILES string of the molecule is CC1(C)CN(C(=O)Cn2c(=O)c(C(=O)NCc3ccc(Cl)cc3)cc3c(=O)cc[nH]c32)C1.CC1(C)CN(C(=O)Cn2c(=O)c(C(=O)NCc3ccc(Cl)cc3)cc3c(NCCS(N)(=O)=O)ccnc32)C1.CC1(C)CN(C(=O)Cn2c(=O)c(C(=O)NCc3ccc(Cl)cc3)cc3c(OS(=O)(=O)C(F)(F)F)ccnc32)C1.NCCS(N)(=O)=O. The molecule has 3 fully saturated rings. The van der Waals surface area contributed by atoms with Crippen LogP contribution in [0.4, 0.5) is 18.9 Å². The van der Waals surface area contributed by atoms with Gasteiger partial charge in [0, 0.05) is 129 Å². The number of alkyl halides is 3. The van der Waals surface area contributed by atoms with E-state index in [2.05, 4.69) is 59.4 Å². The number of primary sulfonamides is 2. The molecular formula is C74H82Cl3F3N16O17S3. The number of hydrogen-bond donors (Lipinski definition) is 8. The third-order valence-electron chi connectivity index (χ3n) is 18.0. The molecule has 3 aromatic carbocycles. The minimum atomic E-state index is -6.09. The molecule has 9 heterocycles. The number of amides is 6. The highest BCUT2D eigenvalue weighted by atomic mass is 35.5. The molecule has 6 aromatic heterocycles. The lowest BCUT2D eigenvalue weighted by Crippen LogP contribution is -2.56. The smallest absolute Gasteiger partial charge is 0.383 e. The van der Waals surface area contributed by atoms with Crippen LogP contribution in [-0.4, -0.2) is 173 Å². The molecule has 0 bridgehead atoms. The molecule has 620 valence electrons. The third-order valence-corrected chi connectivity index (χ3v) is 21.3. The normalized spacial score (nSPS) is 14.7. The zero-order chi connectivity index (χ0) is 85.4. The number of aromatic amines is 1. The van der Waals surface area contributed by atoms with Gasteiger partial charge in [-0.2, -0.15) is 21.6 Å². The number of pyridine rings is 6. The van der Waals surface area contributed by atoms with Crippen molar-refractivity contribution in [2.24, 2.45) is 32.3 Å². The standard InChI is InChI=1S/C25H29ClN6O5S.C24H22ClF3N4O6S.C23H23ClN4O4.C2H8N2O2S/c1-25(2)14-31(15-25)21(33)13-32-22-18(20(7-8-29-22)28-9-10-38(27,36)37)11-19(24(32)35)23(34)30-12-16-3-5-17(26)6-4-16;1-23(2)12-31(13-23)19(33)11-32-20-16(18(7-8-29-20)38-39(36,37)24(26,27)28)9-17(22(32)35)21(34)30-10-14-3-5-15(25)6-4-14;1-23(2)12-27(13-23)19(30)11-28-20-16(18(29)7-8-25-20)9-17(22(28)32)21(31)26-10-14-3-5-15(24)6-4-14;3-1-2-7(4,5)6/h3-8,11H,9-10,12-15H2,1-2H3,(H,28,29)(H,30,34)(H2,27,36,37);3-9H,10-13H2,1-2H3,(H,30,34);3-9H,10-13H2,1-2H3,(H,25,29)(H,26,31);1-3H2,(H2,4,5,6). The number of aromatic nitrogens is 6. The number of fused-ring (bicyclic) bond motifs is 3. The summed E-state index contributed by atoms with van der Waals surface area (Å²) in [6.07, 6.45) is 3.78. The Hall–Kier alpha value is -10.7. The summed E-state index contributed by atoms with van der Waals surface area (Å²) >= 11 is 17.7. The average molecular weight is 1730 g/mol. The quantitative estimate of drug-likeness (QED) is 0.0308. The Balaban J connectivity index is 0.000000191. The average Bonchev–Trinajstić information content (AvgIpc) is 0.766. The van der Waals surface area contributed by atoms with Gasteiger partial charge in [-0.25, -0.2) is 37.1 Å². The van der Waals surface area contributed by atoms with Crippen molar-refractivity contribution in [2.75, 3.05) is 69.2 Å². The van der Waals surface area contributed by atoms with Gasteiger partial charge in [0.15, 0.2) is 11.2 Å².